The normalized spacial score (nSPS) is 47.0. The molecule has 1 aliphatic heterocycles. The summed E-state index contributed by atoms with van der Waals surface area (Å²) in [5.41, 5.74) is 3.25. The van der Waals surface area contributed by atoms with Crippen LogP contribution in [0.25, 0.3) is 0 Å². The van der Waals surface area contributed by atoms with Crippen LogP contribution in [-0.4, -0.2) is 29.8 Å². The third-order valence-corrected chi connectivity index (χ3v) is 9.88. The number of hydrogen-bond donors (Lipinski definition) is 1. The Hall–Kier alpha value is -1.61. The van der Waals surface area contributed by atoms with Crippen LogP contribution < -0.4 is 0 Å². The minimum absolute atomic E-state index is 0.119. The number of benzene rings is 1. The van der Waals surface area contributed by atoms with Gasteiger partial charge in [-0.3, -0.25) is 4.99 Å². The fourth-order valence-corrected chi connectivity index (χ4v) is 8.27. The molecular formula is C27H35NO2. The minimum Gasteiger partial charge on any atom is -0.473 e. The Kier molecular flexibility index (Phi) is 4.26. The van der Waals surface area contributed by atoms with Gasteiger partial charge in [0.25, 0.3) is 0 Å². The predicted octanol–water partition coefficient (Wildman–Crippen LogP) is 5.38. The zero-order valence-corrected chi connectivity index (χ0v) is 18.4. The second-order valence-corrected chi connectivity index (χ2v) is 11.2. The maximum absolute atomic E-state index is 10.2. The van der Waals surface area contributed by atoms with Crippen LogP contribution >= 0.6 is 0 Å². The van der Waals surface area contributed by atoms with Crippen molar-refractivity contribution in [2.24, 2.45) is 39.5 Å². The van der Waals surface area contributed by atoms with Gasteiger partial charge < -0.3 is 9.84 Å². The van der Waals surface area contributed by atoms with Gasteiger partial charge in [0.2, 0.25) is 5.90 Å². The first-order chi connectivity index (χ1) is 14.5. The van der Waals surface area contributed by atoms with E-state index in [1.807, 2.05) is 0 Å². The van der Waals surface area contributed by atoms with Crippen molar-refractivity contribution >= 4 is 5.90 Å². The summed E-state index contributed by atoms with van der Waals surface area (Å²) in [6.07, 6.45) is 10.8. The van der Waals surface area contributed by atoms with Gasteiger partial charge in [0.15, 0.2) is 0 Å². The monoisotopic (exact) mass is 405 g/mol. The van der Waals surface area contributed by atoms with E-state index in [0.29, 0.717) is 17.4 Å². The van der Waals surface area contributed by atoms with Crippen LogP contribution in [0.4, 0.5) is 0 Å². The van der Waals surface area contributed by atoms with Crippen molar-refractivity contribution in [2.75, 3.05) is 6.54 Å². The quantitative estimate of drug-likeness (QED) is 0.637. The van der Waals surface area contributed by atoms with Crippen molar-refractivity contribution in [3.63, 3.8) is 0 Å². The number of hydrogen-bond acceptors (Lipinski definition) is 3. The molecule has 3 nitrogen and oxygen atoms in total. The van der Waals surface area contributed by atoms with E-state index in [1.165, 1.54) is 25.7 Å². The topological polar surface area (TPSA) is 41.8 Å². The lowest BCUT2D eigenvalue weighted by molar-refractivity contribution is -0.0720. The Morgan fingerprint density at radius 3 is 2.73 bits per heavy atom. The number of nitrogens with zero attached hydrogens (tertiary/aromatic N) is 1. The van der Waals surface area contributed by atoms with E-state index in [9.17, 15) is 5.11 Å². The Morgan fingerprint density at radius 2 is 1.90 bits per heavy atom. The molecular weight excluding hydrogens is 370 g/mol. The molecule has 0 spiro atoms. The van der Waals surface area contributed by atoms with E-state index in [0.717, 1.165) is 55.0 Å². The van der Waals surface area contributed by atoms with Gasteiger partial charge in [-0.1, -0.05) is 43.7 Å². The van der Waals surface area contributed by atoms with E-state index < -0.39 is 0 Å². The third kappa shape index (κ3) is 2.63. The second kappa shape index (κ2) is 6.69. The first kappa shape index (κ1) is 19.1. The summed E-state index contributed by atoms with van der Waals surface area (Å²) in [6, 6.07) is 10.4. The Morgan fingerprint density at radius 1 is 1.07 bits per heavy atom. The fraction of sp³-hybridized carbons (Fsp3) is 0.667. The number of aliphatic imine (C=N–C) groups is 1. The van der Waals surface area contributed by atoms with Crippen molar-refractivity contribution in [2.45, 2.75) is 71.0 Å². The number of rotatable bonds is 1. The summed E-state index contributed by atoms with van der Waals surface area (Å²) in [7, 11) is 0. The molecule has 8 atom stereocenters. The van der Waals surface area contributed by atoms with Gasteiger partial charge in [-0.25, -0.2) is 0 Å². The molecule has 3 fully saturated rings. The Labute approximate surface area is 180 Å². The number of allylic oxidation sites excluding steroid dienone is 1. The zero-order chi connectivity index (χ0) is 20.5. The molecule has 0 unspecified atom stereocenters. The molecule has 0 saturated heterocycles. The molecule has 160 valence electrons. The average Bonchev–Trinajstić information content (AvgIpc) is 3.07. The summed E-state index contributed by atoms with van der Waals surface area (Å²) in [5.74, 6) is 3.70. The van der Waals surface area contributed by atoms with Crippen molar-refractivity contribution in [1.82, 2.24) is 0 Å². The Balaban J connectivity index is 1.29. The first-order valence-electron chi connectivity index (χ1n) is 12.1. The van der Waals surface area contributed by atoms with Crippen LogP contribution in [0.15, 0.2) is 47.0 Å². The first-order valence-corrected chi connectivity index (χ1v) is 12.1. The minimum atomic E-state index is -0.119. The van der Waals surface area contributed by atoms with Crippen molar-refractivity contribution in [1.29, 1.82) is 0 Å². The van der Waals surface area contributed by atoms with Crippen LogP contribution in [0, 0.1) is 34.5 Å². The van der Waals surface area contributed by atoms with Gasteiger partial charge in [-0.15, -0.1) is 0 Å². The fourth-order valence-electron chi connectivity index (χ4n) is 8.27. The van der Waals surface area contributed by atoms with Crippen molar-refractivity contribution < 1.29 is 9.84 Å². The average molecular weight is 406 g/mol. The molecule has 0 bridgehead atoms. The van der Waals surface area contributed by atoms with Crippen LogP contribution in [0.3, 0.4) is 0 Å². The van der Waals surface area contributed by atoms with E-state index in [4.69, 9.17) is 9.73 Å². The van der Waals surface area contributed by atoms with E-state index in [-0.39, 0.29) is 11.5 Å². The van der Waals surface area contributed by atoms with Gasteiger partial charge in [-0.05, 0) is 80.2 Å². The van der Waals surface area contributed by atoms with Gasteiger partial charge >= 0.3 is 0 Å². The zero-order valence-electron chi connectivity index (χ0n) is 18.4. The Bertz CT molecular complexity index is 891. The summed E-state index contributed by atoms with van der Waals surface area (Å²) in [5, 5.41) is 10.2. The molecule has 0 radical (unpaired) electrons. The smallest absolute Gasteiger partial charge is 0.216 e. The van der Waals surface area contributed by atoms with Crippen molar-refractivity contribution in [3.05, 3.63) is 47.5 Å². The maximum atomic E-state index is 10.2. The van der Waals surface area contributed by atoms with Crippen molar-refractivity contribution in [3.8, 4) is 0 Å². The SMILES string of the molecule is C[C@]12CC[C@H]3[C@@H](CC=C4C[C@@H](O)CC[C@@]43C)[C@@H]1C[C@H]1CN=C(c3ccccc3)O[C@H]12. The molecule has 1 N–H and O–H groups in total. The molecule has 3 heteroatoms. The predicted molar refractivity (Wildman–Crippen MR) is 119 cm³/mol. The summed E-state index contributed by atoms with van der Waals surface area (Å²) >= 11 is 0. The second-order valence-electron chi connectivity index (χ2n) is 11.2. The number of aliphatic hydroxyl groups excluding tert-OH is 1. The highest BCUT2D eigenvalue weighted by Crippen LogP contribution is 2.66. The number of aliphatic hydroxyl groups is 1. The molecule has 3 saturated carbocycles. The molecule has 1 aromatic rings. The summed E-state index contributed by atoms with van der Waals surface area (Å²) in [4.78, 5) is 4.88. The number of ether oxygens (including phenoxy) is 1. The summed E-state index contributed by atoms with van der Waals surface area (Å²) < 4.78 is 6.70. The van der Waals surface area contributed by atoms with Crippen LogP contribution in [0.1, 0.15) is 64.4 Å². The molecule has 4 aliphatic carbocycles. The molecule has 5 aliphatic rings. The maximum Gasteiger partial charge on any atom is 0.216 e. The van der Waals surface area contributed by atoms with Gasteiger partial charge in [0, 0.05) is 23.4 Å². The molecule has 0 aromatic heterocycles. The highest BCUT2D eigenvalue weighted by molar-refractivity contribution is 5.94. The molecule has 1 aromatic carbocycles. The lowest BCUT2D eigenvalue weighted by Crippen LogP contribution is -2.52. The molecule has 0 amide bonds. The van der Waals surface area contributed by atoms with Crippen LogP contribution in [0.5, 0.6) is 0 Å². The van der Waals surface area contributed by atoms with Crippen LogP contribution in [0.2, 0.25) is 0 Å². The lowest BCUT2D eigenvalue weighted by Gasteiger charge is -2.57. The molecule has 30 heavy (non-hydrogen) atoms. The standard InChI is InChI=1S/C27H35NO2/c1-26-12-10-20(29)15-19(26)8-9-21-22(26)11-13-27(2)23(21)14-18-16-28-25(30-24(18)27)17-6-4-3-5-7-17/h3-8,18,20-24,29H,9-16H2,1-2H3/t18-,20-,21+,22-,23-,24+,26-,27-/m0/s1. The van der Waals surface area contributed by atoms with Gasteiger partial charge in [-0.2, -0.15) is 0 Å². The lowest BCUT2D eigenvalue weighted by atomic mass is 9.48. The largest absolute Gasteiger partial charge is 0.473 e. The van der Waals surface area contributed by atoms with Gasteiger partial charge in [0.1, 0.15) is 6.10 Å². The van der Waals surface area contributed by atoms with E-state index >= 15 is 0 Å². The summed E-state index contributed by atoms with van der Waals surface area (Å²) in [6.45, 7) is 5.96. The van der Waals surface area contributed by atoms with E-state index in [1.54, 1.807) is 5.57 Å². The highest BCUT2D eigenvalue weighted by atomic mass is 16.5. The van der Waals surface area contributed by atoms with Gasteiger partial charge in [0.05, 0.1) is 6.10 Å². The molecule has 1 heterocycles. The molecule has 6 rings (SSSR count). The number of fused-ring (bicyclic) bond motifs is 7. The van der Waals surface area contributed by atoms with E-state index in [2.05, 4.69) is 50.3 Å². The highest BCUT2D eigenvalue weighted by Gasteiger charge is 2.62. The third-order valence-electron chi connectivity index (χ3n) is 9.88. The van der Waals surface area contributed by atoms with Crippen LogP contribution in [-0.2, 0) is 4.74 Å².